The molecule has 0 aromatic heterocycles. The number of anilines is 1. The van der Waals surface area contributed by atoms with Crippen LogP contribution in [-0.4, -0.2) is 6.54 Å². The fourth-order valence-corrected chi connectivity index (χ4v) is 3.61. The lowest BCUT2D eigenvalue weighted by Gasteiger charge is -2.31. The molecule has 2 aromatic carbocycles. The molecule has 136 valence electrons. The molecule has 1 saturated heterocycles. The molecule has 26 heavy (non-hydrogen) atoms. The molecule has 1 unspecified atom stereocenters. The van der Waals surface area contributed by atoms with Gasteiger partial charge in [0.25, 0.3) is 0 Å². The van der Waals surface area contributed by atoms with Gasteiger partial charge >= 0.3 is 6.18 Å². The van der Waals surface area contributed by atoms with Crippen LogP contribution in [0.3, 0.4) is 0 Å². The summed E-state index contributed by atoms with van der Waals surface area (Å²) in [6.45, 7) is 2.63. The number of hydrogen-bond acceptors (Lipinski definition) is 2. The fourth-order valence-electron chi connectivity index (χ4n) is 3.61. The van der Waals surface area contributed by atoms with Gasteiger partial charge in [-0.15, -0.1) is 0 Å². The van der Waals surface area contributed by atoms with Crippen molar-refractivity contribution in [2.45, 2.75) is 38.4 Å². The monoisotopic (exact) mass is 358 g/mol. The third-order valence-electron chi connectivity index (χ3n) is 5.22. The Balaban J connectivity index is 1.76. The molecular formula is C21H21F3N2. The summed E-state index contributed by atoms with van der Waals surface area (Å²) in [5, 5.41) is 3.45. The molecule has 1 atom stereocenters. The molecule has 0 bridgehead atoms. The molecule has 5 heteroatoms. The lowest BCUT2D eigenvalue weighted by Crippen LogP contribution is -2.26. The predicted octanol–water partition coefficient (Wildman–Crippen LogP) is 5.56. The van der Waals surface area contributed by atoms with Crippen LogP contribution < -0.4 is 10.2 Å². The number of hydrogen-bond donors (Lipinski definition) is 1. The van der Waals surface area contributed by atoms with E-state index in [9.17, 15) is 13.2 Å². The van der Waals surface area contributed by atoms with Gasteiger partial charge in [-0.05, 0) is 61.6 Å². The van der Waals surface area contributed by atoms with Gasteiger partial charge in [-0.3, -0.25) is 0 Å². The van der Waals surface area contributed by atoms with E-state index in [0.29, 0.717) is 12.1 Å². The van der Waals surface area contributed by atoms with Gasteiger partial charge in [0.2, 0.25) is 0 Å². The second-order valence-corrected chi connectivity index (χ2v) is 7.03. The Hall–Kier alpha value is -2.43. The minimum atomic E-state index is -4.33. The highest BCUT2D eigenvalue weighted by molar-refractivity contribution is 5.58. The SMILES string of the molecule is Cc1ccc(N2C(=C3CCC3)NCC2c2cccc(C(F)(F)F)c2)cc1. The molecule has 2 fully saturated rings. The van der Waals surface area contributed by atoms with E-state index < -0.39 is 11.7 Å². The van der Waals surface area contributed by atoms with Crippen LogP contribution >= 0.6 is 0 Å². The van der Waals surface area contributed by atoms with E-state index in [0.717, 1.165) is 36.0 Å². The van der Waals surface area contributed by atoms with Gasteiger partial charge < -0.3 is 10.2 Å². The van der Waals surface area contributed by atoms with Crippen molar-refractivity contribution in [3.05, 3.63) is 76.6 Å². The van der Waals surface area contributed by atoms with Gasteiger partial charge in [-0.25, -0.2) is 0 Å². The Morgan fingerprint density at radius 2 is 1.77 bits per heavy atom. The summed E-state index contributed by atoms with van der Waals surface area (Å²) in [5.74, 6) is 1.07. The van der Waals surface area contributed by atoms with E-state index in [1.807, 2.05) is 31.2 Å². The van der Waals surface area contributed by atoms with E-state index >= 15 is 0 Å². The van der Waals surface area contributed by atoms with Gasteiger partial charge in [0.05, 0.1) is 11.6 Å². The average molecular weight is 358 g/mol. The molecule has 1 heterocycles. The first-order chi connectivity index (χ1) is 12.4. The molecule has 1 aliphatic carbocycles. The second kappa shape index (κ2) is 6.38. The summed E-state index contributed by atoms with van der Waals surface area (Å²) < 4.78 is 39.4. The normalized spacial score (nSPS) is 20.2. The summed E-state index contributed by atoms with van der Waals surface area (Å²) in [5.41, 5.74) is 3.62. The number of halogens is 3. The summed E-state index contributed by atoms with van der Waals surface area (Å²) >= 11 is 0. The highest BCUT2D eigenvalue weighted by atomic mass is 19.4. The van der Waals surface area contributed by atoms with Gasteiger partial charge in [-0.2, -0.15) is 13.2 Å². The van der Waals surface area contributed by atoms with Crippen molar-refractivity contribution in [3.8, 4) is 0 Å². The molecule has 1 N–H and O–H groups in total. The number of rotatable bonds is 2. The van der Waals surface area contributed by atoms with Crippen LogP contribution in [-0.2, 0) is 6.18 Å². The summed E-state index contributed by atoms with van der Waals surface area (Å²) in [6, 6.07) is 13.7. The van der Waals surface area contributed by atoms with E-state index in [-0.39, 0.29) is 6.04 Å². The zero-order chi connectivity index (χ0) is 18.3. The molecule has 2 aliphatic rings. The Morgan fingerprint density at radius 3 is 2.38 bits per heavy atom. The minimum Gasteiger partial charge on any atom is -0.369 e. The lowest BCUT2D eigenvalue weighted by atomic mass is 9.92. The summed E-state index contributed by atoms with van der Waals surface area (Å²) in [7, 11) is 0. The Kier molecular flexibility index (Phi) is 4.17. The minimum absolute atomic E-state index is 0.150. The average Bonchev–Trinajstić information content (AvgIpc) is 2.98. The molecular weight excluding hydrogens is 337 g/mol. The van der Waals surface area contributed by atoms with Gasteiger partial charge in [0.1, 0.15) is 5.82 Å². The maximum Gasteiger partial charge on any atom is 0.416 e. The third kappa shape index (κ3) is 3.06. The molecule has 0 radical (unpaired) electrons. The smallest absolute Gasteiger partial charge is 0.369 e. The van der Waals surface area contributed by atoms with Crippen LogP contribution in [0.2, 0.25) is 0 Å². The predicted molar refractivity (Wildman–Crippen MR) is 96.7 cm³/mol. The van der Waals surface area contributed by atoms with Crippen LogP contribution in [0.15, 0.2) is 59.9 Å². The number of nitrogens with one attached hydrogen (secondary N) is 1. The Labute approximate surface area is 151 Å². The first kappa shape index (κ1) is 17.0. The van der Waals surface area contributed by atoms with Crippen LogP contribution in [0.25, 0.3) is 0 Å². The molecule has 1 aliphatic heterocycles. The Morgan fingerprint density at radius 1 is 1.04 bits per heavy atom. The van der Waals surface area contributed by atoms with Crippen LogP contribution in [0.5, 0.6) is 0 Å². The summed E-state index contributed by atoms with van der Waals surface area (Å²) in [4.78, 5) is 2.17. The molecule has 2 aromatic rings. The number of aryl methyl sites for hydroxylation is 1. The maximum atomic E-state index is 13.1. The van der Waals surface area contributed by atoms with Gasteiger partial charge in [-0.1, -0.05) is 29.8 Å². The van der Waals surface area contributed by atoms with E-state index in [1.54, 1.807) is 6.07 Å². The molecule has 1 saturated carbocycles. The van der Waals surface area contributed by atoms with Crippen molar-refractivity contribution in [1.82, 2.24) is 5.32 Å². The van der Waals surface area contributed by atoms with E-state index in [2.05, 4.69) is 10.2 Å². The zero-order valence-corrected chi connectivity index (χ0v) is 14.6. The van der Waals surface area contributed by atoms with Crippen molar-refractivity contribution in [3.63, 3.8) is 0 Å². The highest BCUT2D eigenvalue weighted by Crippen LogP contribution is 2.40. The Bertz CT molecular complexity index is 831. The van der Waals surface area contributed by atoms with Crippen molar-refractivity contribution < 1.29 is 13.2 Å². The van der Waals surface area contributed by atoms with Crippen molar-refractivity contribution in [1.29, 1.82) is 0 Å². The van der Waals surface area contributed by atoms with E-state index in [1.165, 1.54) is 24.1 Å². The van der Waals surface area contributed by atoms with E-state index in [4.69, 9.17) is 0 Å². The van der Waals surface area contributed by atoms with Gasteiger partial charge in [0.15, 0.2) is 0 Å². The topological polar surface area (TPSA) is 15.3 Å². The largest absolute Gasteiger partial charge is 0.416 e. The highest BCUT2D eigenvalue weighted by Gasteiger charge is 2.36. The first-order valence-electron chi connectivity index (χ1n) is 8.92. The fraction of sp³-hybridized carbons (Fsp3) is 0.333. The third-order valence-corrected chi connectivity index (χ3v) is 5.22. The maximum absolute atomic E-state index is 13.1. The van der Waals surface area contributed by atoms with Gasteiger partial charge in [0, 0.05) is 12.2 Å². The first-order valence-corrected chi connectivity index (χ1v) is 8.92. The second-order valence-electron chi connectivity index (χ2n) is 7.03. The van der Waals surface area contributed by atoms with Crippen molar-refractivity contribution in [2.75, 3.05) is 11.4 Å². The standard InChI is InChI=1S/C21H21F3N2/c1-14-8-10-18(11-9-14)26-19(13-25-20(26)15-4-2-5-15)16-6-3-7-17(12-16)21(22,23)24/h3,6-12,19,25H,2,4-5,13H2,1H3. The number of alkyl halides is 3. The number of nitrogens with zero attached hydrogens (tertiary/aromatic N) is 1. The van der Waals surface area contributed by atoms with Crippen LogP contribution in [0.1, 0.15) is 42.0 Å². The summed E-state index contributed by atoms with van der Waals surface area (Å²) in [6.07, 6.45) is -1.04. The number of allylic oxidation sites excluding steroid dienone is 1. The van der Waals surface area contributed by atoms with Crippen molar-refractivity contribution in [2.24, 2.45) is 0 Å². The molecule has 4 rings (SSSR count). The van der Waals surface area contributed by atoms with Crippen molar-refractivity contribution >= 4 is 5.69 Å². The van der Waals surface area contributed by atoms with Crippen LogP contribution in [0, 0.1) is 6.92 Å². The number of benzene rings is 2. The zero-order valence-electron chi connectivity index (χ0n) is 14.6. The molecule has 0 spiro atoms. The quantitative estimate of drug-likeness (QED) is 0.756. The lowest BCUT2D eigenvalue weighted by molar-refractivity contribution is -0.137. The van der Waals surface area contributed by atoms with Crippen LogP contribution in [0.4, 0.5) is 18.9 Å². The molecule has 2 nitrogen and oxygen atoms in total. The molecule has 0 amide bonds.